The molecule has 0 fully saturated rings. The summed E-state index contributed by atoms with van der Waals surface area (Å²) in [7, 11) is 1.60. The minimum absolute atomic E-state index is 0.0563. The van der Waals surface area contributed by atoms with Gasteiger partial charge >= 0.3 is 0 Å². The van der Waals surface area contributed by atoms with Crippen molar-refractivity contribution in [3.05, 3.63) is 52.5 Å². The third kappa shape index (κ3) is 3.04. The molecule has 0 radical (unpaired) electrons. The molecule has 1 aliphatic rings. The Morgan fingerprint density at radius 1 is 1.40 bits per heavy atom. The van der Waals surface area contributed by atoms with Gasteiger partial charge in [0.2, 0.25) is 11.8 Å². The summed E-state index contributed by atoms with van der Waals surface area (Å²) in [6.45, 7) is 2.95. The van der Waals surface area contributed by atoms with Crippen molar-refractivity contribution in [1.82, 2.24) is 10.2 Å². The molecule has 1 atom stereocenters. The van der Waals surface area contributed by atoms with Crippen LogP contribution in [0.1, 0.15) is 36.1 Å². The molecule has 0 saturated heterocycles. The van der Waals surface area contributed by atoms with E-state index in [0.29, 0.717) is 30.4 Å². The Morgan fingerprint density at radius 3 is 2.92 bits per heavy atom. The number of methoxy groups -OCH3 is 1. The SMILES string of the molecule is CCCOc1ccccc1C1C(C#N)=C(N)Oc2n[nH]c(COC)c21. The van der Waals surface area contributed by atoms with Crippen LogP contribution in [-0.4, -0.2) is 23.9 Å². The molecule has 1 aromatic heterocycles. The van der Waals surface area contributed by atoms with E-state index in [1.807, 2.05) is 31.2 Å². The Morgan fingerprint density at radius 2 is 2.20 bits per heavy atom. The molecule has 1 aliphatic heterocycles. The maximum Gasteiger partial charge on any atom is 0.244 e. The molecule has 7 heteroatoms. The van der Waals surface area contributed by atoms with Gasteiger partial charge in [-0.1, -0.05) is 25.1 Å². The van der Waals surface area contributed by atoms with E-state index in [4.69, 9.17) is 19.9 Å². The zero-order valence-corrected chi connectivity index (χ0v) is 14.2. The first-order chi connectivity index (χ1) is 12.2. The summed E-state index contributed by atoms with van der Waals surface area (Å²) >= 11 is 0. The van der Waals surface area contributed by atoms with Crippen molar-refractivity contribution in [3.63, 3.8) is 0 Å². The van der Waals surface area contributed by atoms with Gasteiger partial charge in [-0.3, -0.25) is 5.10 Å². The summed E-state index contributed by atoms with van der Waals surface area (Å²) in [5.74, 6) is 0.706. The van der Waals surface area contributed by atoms with Gasteiger partial charge in [0.05, 0.1) is 30.4 Å². The number of nitrogens with one attached hydrogen (secondary N) is 1. The standard InChI is InChI=1S/C18H20N4O3/c1-3-8-24-14-7-5-4-6-11(14)15-12(9-19)17(20)25-18-16(15)13(10-23-2)21-22-18/h4-7,15H,3,8,10,20H2,1-2H3,(H,21,22). The van der Waals surface area contributed by atoms with Crippen molar-refractivity contribution >= 4 is 0 Å². The Labute approximate surface area is 146 Å². The number of aromatic nitrogens is 2. The van der Waals surface area contributed by atoms with Crippen molar-refractivity contribution in [2.45, 2.75) is 25.9 Å². The van der Waals surface area contributed by atoms with Crippen molar-refractivity contribution in [1.29, 1.82) is 5.26 Å². The molecule has 2 aromatic rings. The number of nitrogens with zero attached hydrogens (tertiary/aromatic N) is 2. The average molecular weight is 340 g/mol. The Kier molecular flexibility index (Phi) is 4.91. The molecule has 3 rings (SSSR count). The van der Waals surface area contributed by atoms with E-state index in [0.717, 1.165) is 23.2 Å². The highest BCUT2D eigenvalue weighted by Gasteiger charge is 2.36. The topological polar surface area (TPSA) is 106 Å². The summed E-state index contributed by atoms with van der Waals surface area (Å²) < 4.78 is 16.7. The van der Waals surface area contributed by atoms with Crippen molar-refractivity contribution in [3.8, 4) is 17.7 Å². The molecule has 2 heterocycles. The van der Waals surface area contributed by atoms with Gasteiger partial charge < -0.3 is 19.9 Å². The van der Waals surface area contributed by atoms with E-state index in [1.54, 1.807) is 7.11 Å². The highest BCUT2D eigenvalue weighted by atomic mass is 16.5. The Hall–Kier alpha value is -2.98. The maximum atomic E-state index is 9.67. The molecular formula is C18H20N4O3. The van der Waals surface area contributed by atoms with Crippen LogP contribution >= 0.6 is 0 Å². The monoisotopic (exact) mass is 340 g/mol. The minimum atomic E-state index is -0.425. The molecule has 0 aliphatic carbocycles. The number of H-pyrrole nitrogens is 1. The van der Waals surface area contributed by atoms with Gasteiger partial charge in [-0.25, -0.2) is 0 Å². The summed E-state index contributed by atoms with van der Waals surface area (Å²) in [4.78, 5) is 0. The molecule has 0 amide bonds. The lowest BCUT2D eigenvalue weighted by atomic mass is 9.83. The fourth-order valence-corrected chi connectivity index (χ4v) is 2.94. The van der Waals surface area contributed by atoms with Gasteiger partial charge in [0.1, 0.15) is 17.4 Å². The second kappa shape index (κ2) is 7.28. The number of allylic oxidation sites excluding steroid dienone is 1. The van der Waals surface area contributed by atoms with Gasteiger partial charge in [-0.05, 0) is 12.5 Å². The zero-order valence-electron chi connectivity index (χ0n) is 14.2. The first-order valence-electron chi connectivity index (χ1n) is 8.06. The second-order valence-electron chi connectivity index (χ2n) is 5.67. The number of rotatable bonds is 6. The van der Waals surface area contributed by atoms with E-state index >= 15 is 0 Å². The van der Waals surface area contributed by atoms with E-state index in [9.17, 15) is 5.26 Å². The lowest BCUT2D eigenvalue weighted by Crippen LogP contribution is -2.22. The normalized spacial score (nSPS) is 16.1. The molecule has 1 aromatic carbocycles. The molecule has 3 N–H and O–H groups in total. The Bertz CT molecular complexity index is 835. The van der Waals surface area contributed by atoms with Gasteiger partial charge in [-0.15, -0.1) is 5.10 Å². The van der Waals surface area contributed by atoms with Crippen LogP contribution in [0.3, 0.4) is 0 Å². The average Bonchev–Trinajstić information content (AvgIpc) is 3.01. The summed E-state index contributed by atoms with van der Waals surface area (Å²) in [6.07, 6.45) is 0.886. The summed E-state index contributed by atoms with van der Waals surface area (Å²) in [5.41, 5.74) is 8.65. The van der Waals surface area contributed by atoms with Crippen LogP contribution in [0.25, 0.3) is 0 Å². The number of aromatic amines is 1. The number of nitrogens with two attached hydrogens (primary N) is 1. The molecule has 0 bridgehead atoms. The molecule has 0 spiro atoms. The molecule has 7 nitrogen and oxygen atoms in total. The molecule has 0 saturated carbocycles. The first kappa shape index (κ1) is 16.9. The van der Waals surface area contributed by atoms with Gasteiger partial charge in [-0.2, -0.15) is 5.26 Å². The third-order valence-corrected chi connectivity index (χ3v) is 4.00. The van der Waals surface area contributed by atoms with Crippen LogP contribution in [-0.2, 0) is 11.3 Å². The van der Waals surface area contributed by atoms with Crippen molar-refractivity contribution < 1.29 is 14.2 Å². The Balaban J connectivity index is 2.17. The zero-order chi connectivity index (χ0) is 17.8. The van der Waals surface area contributed by atoms with Crippen LogP contribution < -0.4 is 15.2 Å². The number of hydrogen-bond acceptors (Lipinski definition) is 6. The quantitative estimate of drug-likeness (QED) is 0.837. The highest BCUT2D eigenvalue weighted by Crippen LogP contribution is 2.45. The molecule has 25 heavy (non-hydrogen) atoms. The minimum Gasteiger partial charge on any atom is -0.493 e. The first-order valence-corrected chi connectivity index (χ1v) is 8.06. The molecule has 1 unspecified atom stereocenters. The number of fused-ring (bicyclic) bond motifs is 1. The number of para-hydroxylation sites is 1. The summed E-state index contributed by atoms with van der Waals surface area (Å²) in [5, 5.41) is 16.8. The lowest BCUT2D eigenvalue weighted by molar-refractivity contribution is 0.180. The fourth-order valence-electron chi connectivity index (χ4n) is 2.94. The fraction of sp³-hybridized carbons (Fsp3) is 0.333. The number of nitriles is 1. The van der Waals surface area contributed by atoms with Gasteiger partial charge in [0.25, 0.3) is 0 Å². The third-order valence-electron chi connectivity index (χ3n) is 4.00. The van der Waals surface area contributed by atoms with E-state index in [1.165, 1.54) is 0 Å². The van der Waals surface area contributed by atoms with Crippen LogP contribution in [0.15, 0.2) is 35.7 Å². The van der Waals surface area contributed by atoms with Crippen LogP contribution in [0.5, 0.6) is 11.6 Å². The van der Waals surface area contributed by atoms with Crippen LogP contribution in [0.2, 0.25) is 0 Å². The van der Waals surface area contributed by atoms with Crippen molar-refractivity contribution in [2.75, 3.05) is 13.7 Å². The van der Waals surface area contributed by atoms with Gasteiger partial charge in [0, 0.05) is 12.7 Å². The second-order valence-corrected chi connectivity index (χ2v) is 5.67. The maximum absolute atomic E-state index is 9.67. The predicted octanol–water partition coefficient (Wildman–Crippen LogP) is 2.56. The highest BCUT2D eigenvalue weighted by molar-refractivity contribution is 5.58. The number of hydrogen-bond donors (Lipinski definition) is 2. The molecule has 130 valence electrons. The largest absolute Gasteiger partial charge is 0.493 e. The lowest BCUT2D eigenvalue weighted by Gasteiger charge is -2.25. The van der Waals surface area contributed by atoms with E-state index in [2.05, 4.69) is 16.3 Å². The van der Waals surface area contributed by atoms with Crippen LogP contribution in [0, 0.1) is 11.3 Å². The van der Waals surface area contributed by atoms with E-state index < -0.39 is 5.92 Å². The predicted molar refractivity (Wildman–Crippen MR) is 90.8 cm³/mol. The van der Waals surface area contributed by atoms with Crippen molar-refractivity contribution in [2.24, 2.45) is 5.73 Å². The number of benzene rings is 1. The van der Waals surface area contributed by atoms with Crippen LogP contribution in [0.4, 0.5) is 0 Å². The van der Waals surface area contributed by atoms with E-state index in [-0.39, 0.29) is 5.88 Å². The number of ether oxygens (including phenoxy) is 3. The van der Waals surface area contributed by atoms with Gasteiger partial charge in [0.15, 0.2) is 0 Å². The smallest absolute Gasteiger partial charge is 0.244 e. The summed E-state index contributed by atoms with van der Waals surface area (Å²) in [6, 6.07) is 9.81. The molecular weight excluding hydrogens is 320 g/mol.